The number of quaternary nitrogens is 1. The summed E-state index contributed by atoms with van der Waals surface area (Å²) >= 11 is 0. The predicted molar refractivity (Wildman–Crippen MR) is 120 cm³/mol. The Labute approximate surface area is 208 Å². The molecular weight excluding hydrogens is 451 g/mol. The largest absolute Gasteiger partial charge is 0.342 e. The minimum absolute atomic E-state index is 0. The maximum absolute atomic E-state index is 13.2. The second-order valence-electron chi connectivity index (χ2n) is 8.70. The standard InChI is InChI=1S/C24H39N3O2.Y/c1-6-14-26(15-7-2)24(29)21-13-10-16-27(8-3,17-21)18-22(28)25-23-19(4)11-9-12-20(23)5;/h9,11-12,21H,6-8,10,13-18H2,1-5H3;/p+1. The van der Waals surface area contributed by atoms with E-state index in [0.717, 1.165) is 75.2 Å². The maximum Gasteiger partial charge on any atom is 0.279 e. The Kier molecular flexibility index (Phi) is 11.7. The summed E-state index contributed by atoms with van der Waals surface area (Å²) in [7, 11) is 0. The average Bonchev–Trinajstić information content (AvgIpc) is 2.70. The van der Waals surface area contributed by atoms with Gasteiger partial charge in [-0.15, -0.1) is 0 Å². The number of piperidine rings is 1. The molecule has 6 heteroatoms. The first-order chi connectivity index (χ1) is 13.9. The molecule has 1 aromatic rings. The molecule has 5 nitrogen and oxygen atoms in total. The SMILES string of the molecule is CCCN(CCC)C(=O)C1CCC[N+](CC)(CC(=O)Nc2c(C)cccc2C)C1.[Y]. The molecule has 1 fully saturated rings. The Morgan fingerprint density at radius 2 is 1.70 bits per heavy atom. The number of para-hydroxylation sites is 1. The minimum Gasteiger partial charge on any atom is -0.342 e. The fourth-order valence-corrected chi connectivity index (χ4v) is 4.69. The third kappa shape index (κ3) is 7.14. The Morgan fingerprint density at radius 3 is 2.23 bits per heavy atom. The van der Waals surface area contributed by atoms with Gasteiger partial charge >= 0.3 is 0 Å². The van der Waals surface area contributed by atoms with Crippen LogP contribution in [0.3, 0.4) is 0 Å². The van der Waals surface area contributed by atoms with Gasteiger partial charge in [0.15, 0.2) is 6.54 Å². The third-order valence-electron chi connectivity index (χ3n) is 6.34. The van der Waals surface area contributed by atoms with Crippen molar-refractivity contribution in [3.05, 3.63) is 29.3 Å². The van der Waals surface area contributed by atoms with E-state index in [9.17, 15) is 9.59 Å². The fourth-order valence-electron chi connectivity index (χ4n) is 4.69. The maximum atomic E-state index is 13.2. The molecule has 0 bridgehead atoms. The number of rotatable bonds is 9. The molecule has 1 radical (unpaired) electrons. The Balaban J connectivity index is 0.00000450. The summed E-state index contributed by atoms with van der Waals surface area (Å²) in [6, 6.07) is 6.07. The van der Waals surface area contributed by atoms with E-state index in [4.69, 9.17) is 0 Å². The normalized spacial score (nSPS) is 20.9. The van der Waals surface area contributed by atoms with Crippen molar-refractivity contribution in [3.63, 3.8) is 0 Å². The van der Waals surface area contributed by atoms with E-state index in [1.54, 1.807) is 0 Å². The fraction of sp³-hybridized carbons (Fsp3) is 0.667. The molecule has 30 heavy (non-hydrogen) atoms. The van der Waals surface area contributed by atoms with E-state index in [-0.39, 0.29) is 44.5 Å². The molecule has 0 spiro atoms. The van der Waals surface area contributed by atoms with Crippen LogP contribution in [0.2, 0.25) is 0 Å². The van der Waals surface area contributed by atoms with Gasteiger partial charge in [-0.2, -0.15) is 0 Å². The van der Waals surface area contributed by atoms with Gasteiger partial charge in [0, 0.05) is 51.5 Å². The monoisotopic (exact) mass is 491 g/mol. The number of likely N-dealkylation sites (tertiary alicyclic amines) is 1. The predicted octanol–water partition coefficient (Wildman–Crippen LogP) is 4.13. The van der Waals surface area contributed by atoms with Gasteiger partial charge in [-0.3, -0.25) is 9.59 Å². The van der Waals surface area contributed by atoms with Crippen molar-refractivity contribution in [1.82, 2.24) is 4.90 Å². The van der Waals surface area contributed by atoms with Crippen LogP contribution >= 0.6 is 0 Å². The number of likely N-dealkylation sites (N-methyl/N-ethyl adjacent to an activating group) is 1. The number of hydrogen-bond acceptors (Lipinski definition) is 2. The summed E-state index contributed by atoms with van der Waals surface area (Å²) in [5.74, 6) is 0.380. The molecule has 1 aliphatic rings. The molecule has 1 aliphatic heterocycles. The third-order valence-corrected chi connectivity index (χ3v) is 6.34. The number of hydrogen-bond donors (Lipinski definition) is 1. The summed E-state index contributed by atoms with van der Waals surface area (Å²) in [4.78, 5) is 28.1. The number of aryl methyl sites for hydroxylation is 2. The molecule has 2 unspecified atom stereocenters. The number of amides is 2. The van der Waals surface area contributed by atoms with Gasteiger partial charge < -0.3 is 14.7 Å². The van der Waals surface area contributed by atoms with Gasteiger partial charge in [0.1, 0.15) is 0 Å². The van der Waals surface area contributed by atoms with E-state index < -0.39 is 0 Å². The van der Waals surface area contributed by atoms with Crippen molar-refractivity contribution in [2.24, 2.45) is 5.92 Å². The number of benzene rings is 1. The van der Waals surface area contributed by atoms with Crippen molar-refractivity contribution < 1.29 is 46.8 Å². The number of nitrogens with zero attached hydrogens (tertiary/aromatic N) is 2. The van der Waals surface area contributed by atoms with Crippen LogP contribution in [0.5, 0.6) is 0 Å². The van der Waals surface area contributed by atoms with Gasteiger partial charge in [0.25, 0.3) is 5.91 Å². The molecule has 1 aromatic carbocycles. The second kappa shape index (κ2) is 12.9. The smallest absolute Gasteiger partial charge is 0.279 e. The quantitative estimate of drug-likeness (QED) is 0.528. The zero-order chi connectivity index (χ0) is 21.4. The van der Waals surface area contributed by atoms with Crippen molar-refractivity contribution in [3.8, 4) is 0 Å². The second-order valence-corrected chi connectivity index (χ2v) is 8.70. The summed E-state index contributed by atoms with van der Waals surface area (Å²) in [5.41, 5.74) is 3.10. The van der Waals surface area contributed by atoms with Crippen molar-refractivity contribution in [2.75, 3.05) is 44.6 Å². The van der Waals surface area contributed by atoms with Crippen LogP contribution in [-0.4, -0.2) is 60.5 Å². The van der Waals surface area contributed by atoms with Crippen molar-refractivity contribution in [2.45, 2.75) is 60.3 Å². The minimum atomic E-state index is 0. The van der Waals surface area contributed by atoms with Crippen LogP contribution in [0.25, 0.3) is 0 Å². The van der Waals surface area contributed by atoms with Crippen LogP contribution in [-0.2, 0) is 42.3 Å². The van der Waals surface area contributed by atoms with Crippen LogP contribution < -0.4 is 5.32 Å². The number of anilines is 1. The molecule has 0 saturated carbocycles. The van der Waals surface area contributed by atoms with E-state index in [0.29, 0.717) is 16.9 Å². The molecule has 165 valence electrons. The van der Waals surface area contributed by atoms with Crippen molar-refractivity contribution >= 4 is 17.5 Å². The summed E-state index contributed by atoms with van der Waals surface area (Å²) in [6.45, 7) is 15.2. The molecular formula is C24H40N3O2Y+. The summed E-state index contributed by atoms with van der Waals surface area (Å²) in [5, 5.41) is 3.14. The Morgan fingerprint density at radius 1 is 1.10 bits per heavy atom. The molecule has 2 atom stereocenters. The molecule has 0 aromatic heterocycles. The summed E-state index contributed by atoms with van der Waals surface area (Å²) < 4.78 is 0.708. The van der Waals surface area contributed by atoms with Crippen LogP contribution in [0.4, 0.5) is 5.69 Å². The van der Waals surface area contributed by atoms with Gasteiger partial charge in [0.05, 0.1) is 25.6 Å². The molecule has 2 amide bonds. The van der Waals surface area contributed by atoms with Crippen LogP contribution in [0.1, 0.15) is 57.6 Å². The first kappa shape index (κ1) is 27.3. The molecule has 1 saturated heterocycles. The summed E-state index contributed by atoms with van der Waals surface area (Å²) in [6.07, 6.45) is 3.93. The van der Waals surface area contributed by atoms with Crippen LogP contribution in [0, 0.1) is 19.8 Å². The van der Waals surface area contributed by atoms with E-state index >= 15 is 0 Å². The van der Waals surface area contributed by atoms with E-state index in [1.807, 2.05) is 36.9 Å². The molecule has 1 heterocycles. The number of carbonyl (C=O) groups excluding carboxylic acids is 2. The van der Waals surface area contributed by atoms with Gasteiger partial charge in [-0.1, -0.05) is 32.0 Å². The first-order valence-electron chi connectivity index (χ1n) is 11.4. The molecule has 1 N–H and O–H groups in total. The molecule has 0 aliphatic carbocycles. The van der Waals surface area contributed by atoms with E-state index in [2.05, 4.69) is 26.1 Å². The van der Waals surface area contributed by atoms with Crippen molar-refractivity contribution in [1.29, 1.82) is 0 Å². The average molecular weight is 492 g/mol. The van der Waals surface area contributed by atoms with Gasteiger partial charge in [-0.25, -0.2) is 0 Å². The van der Waals surface area contributed by atoms with Gasteiger partial charge in [0.2, 0.25) is 5.91 Å². The van der Waals surface area contributed by atoms with Gasteiger partial charge in [-0.05, 0) is 57.6 Å². The van der Waals surface area contributed by atoms with E-state index in [1.165, 1.54) is 0 Å². The zero-order valence-corrected chi connectivity index (χ0v) is 22.5. The Hall–Kier alpha value is -0.776. The number of carbonyl (C=O) groups is 2. The topological polar surface area (TPSA) is 49.4 Å². The Bertz CT molecular complexity index is 683. The first-order valence-corrected chi connectivity index (χ1v) is 11.4. The zero-order valence-electron chi connectivity index (χ0n) is 19.7. The van der Waals surface area contributed by atoms with Crippen LogP contribution in [0.15, 0.2) is 18.2 Å². The number of nitrogens with one attached hydrogen (secondary N) is 1. The molecule has 2 rings (SSSR count).